The van der Waals surface area contributed by atoms with Gasteiger partial charge in [-0.3, -0.25) is 14.9 Å². The maximum absolute atomic E-state index is 13.1. The molecule has 0 radical (unpaired) electrons. The van der Waals surface area contributed by atoms with Crippen molar-refractivity contribution in [2.75, 3.05) is 44.8 Å². The summed E-state index contributed by atoms with van der Waals surface area (Å²) >= 11 is 6.26. The number of anilines is 1. The molecular formula is C20H22ClN3O5. The average Bonchev–Trinajstić information content (AvgIpc) is 2.73. The Hall–Kier alpha value is -3.00. The number of benzene rings is 2. The molecule has 0 bridgehead atoms. The fourth-order valence-electron chi connectivity index (χ4n) is 3.33. The predicted octanol–water partition coefficient (Wildman–Crippen LogP) is 3.62. The van der Waals surface area contributed by atoms with Crippen molar-refractivity contribution < 1.29 is 19.2 Å². The molecule has 0 atom stereocenters. The van der Waals surface area contributed by atoms with Gasteiger partial charge in [-0.15, -0.1) is 0 Å². The number of halogens is 1. The molecule has 2 aromatic carbocycles. The Morgan fingerprint density at radius 1 is 1.17 bits per heavy atom. The maximum Gasteiger partial charge on any atom is 0.286 e. The first kappa shape index (κ1) is 20.7. The number of hydrogen-bond donors (Lipinski definition) is 0. The summed E-state index contributed by atoms with van der Waals surface area (Å²) < 4.78 is 10.7. The van der Waals surface area contributed by atoms with Crippen LogP contribution in [0.5, 0.6) is 11.5 Å². The lowest BCUT2D eigenvalue weighted by molar-refractivity contribution is -0.385. The van der Waals surface area contributed by atoms with E-state index in [9.17, 15) is 14.9 Å². The van der Waals surface area contributed by atoms with Gasteiger partial charge in [0.15, 0.2) is 11.5 Å². The summed E-state index contributed by atoms with van der Waals surface area (Å²) in [5, 5.41) is 12.2. The van der Waals surface area contributed by atoms with E-state index in [1.54, 1.807) is 11.8 Å². The number of hydrogen-bond acceptors (Lipinski definition) is 6. The molecule has 3 rings (SSSR count). The van der Waals surface area contributed by atoms with Crippen molar-refractivity contribution in [2.24, 2.45) is 0 Å². The van der Waals surface area contributed by atoms with Crippen molar-refractivity contribution >= 4 is 28.9 Å². The van der Waals surface area contributed by atoms with E-state index in [2.05, 4.69) is 4.90 Å². The Morgan fingerprint density at radius 2 is 1.86 bits per heavy atom. The fourth-order valence-corrected chi connectivity index (χ4v) is 3.58. The standard InChI is InChI=1S/C20H22ClN3O5/c1-3-29-19-12-14(17(24(26)27)13-18(19)28-2)20(25)23-10-8-22(9-11-23)16-7-5-4-6-15(16)21/h4-7,12-13H,3,8-11H2,1-2H3. The summed E-state index contributed by atoms with van der Waals surface area (Å²) in [4.78, 5) is 27.7. The number of para-hydroxylation sites is 1. The molecule has 0 unspecified atom stereocenters. The second-order valence-corrected chi connectivity index (χ2v) is 6.85. The number of rotatable bonds is 6. The summed E-state index contributed by atoms with van der Waals surface area (Å²) in [6, 6.07) is 10.2. The third kappa shape index (κ3) is 4.37. The SMILES string of the molecule is CCOc1cc(C(=O)N2CCN(c3ccccc3Cl)CC2)c([N+](=O)[O-])cc1OC. The zero-order valence-electron chi connectivity index (χ0n) is 16.3. The van der Waals surface area contributed by atoms with Crippen LogP contribution in [-0.2, 0) is 0 Å². The Morgan fingerprint density at radius 3 is 2.45 bits per heavy atom. The van der Waals surface area contributed by atoms with Gasteiger partial charge >= 0.3 is 0 Å². The Kier molecular flexibility index (Phi) is 6.43. The van der Waals surface area contributed by atoms with Crippen LogP contribution >= 0.6 is 11.6 Å². The molecule has 2 aromatic rings. The van der Waals surface area contributed by atoms with Crippen LogP contribution in [0.2, 0.25) is 5.02 Å². The normalized spacial score (nSPS) is 13.9. The smallest absolute Gasteiger partial charge is 0.286 e. The molecule has 154 valence electrons. The number of nitro benzene ring substituents is 1. The van der Waals surface area contributed by atoms with Gasteiger partial charge < -0.3 is 19.3 Å². The van der Waals surface area contributed by atoms with E-state index in [1.165, 1.54) is 19.2 Å². The topological polar surface area (TPSA) is 85.2 Å². The monoisotopic (exact) mass is 419 g/mol. The van der Waals surface area contributed by atoms with Crippen LogP contribution in [-0.4, -0.2) is 55.6 Å². The summed E-state index contributed by atoms with van der Waals surface area (Å²) in [5.41, 5.74) is 0.601. The molecule has 1 aliphatic rings. The molecule has 0 aromatic heterocycles. The minimum absolute atomic E-state index is 0.00885. The number of ether oxygens (including phenoxy) is 2. The predicted molar refractivity (Wildman–Crippen MR) is 110 cm³/mol. The van der Waals surface area contributed by atoms with Gasteiger partial charge in [-0.05, 0) is 19.1 Å². The van der Waals surface area contributed by atoms with Crippen molar-refractivity contribution in [1.82, 2.24) is 4.90 Å². The van der Waals surface area contributed by atoms with Crippen LogP contribution in [0.25, 0.3) is 0 Å². The highest BCUT2D eigenvalue weighted by Crippen LogP contribution is 2.35. The average molecular weight is 420 g/mol. The van der Waals surface area contributed by atoms with Crippen LogP contribution in [0.15, 0.2) is 36.4 Å². The third-order valence-electron chi connectivity index (χ3n) is 4.77. The quantitative estimate of drug-likeness (QED) is 0.525. The second-order valence-electron chi connectivity index (χ2n) is 6.44. The van der Waals surface area contributed by atoms with Gasteiger partial charge in [0, 0.05) is 32.2 Å². The second kappa shape index (κ2) is 9.00. The fraction of sp³-hybridized carbons (Fsp3) is 0.350. The van der Waals surface area contributed by atoms with Crippen molar-refractivity contribution in [3.05, 3.63) is 57.1 Å². The largest absolute Gasteiger partial charge is 0.493 e. The molecule has 0 spiro atoms. The number of nitrogens with zero attached hydrogens (tertiary/aromatic N) is 3. The first-order chi connectivity index (χ1) is 14.0. The Bertz CT molecular complexity index is 913. The Balaban J connectivity index is 1.82. The highest BCUT2D eigenvalue weighted by Gasteiger charge is 2.30. The molecule has 9 heteroatoms. The van der Waals surface area contributed by atoms with Crippen LogP contribution in [0, 0.1) is 10.1 Å². The van der Waals surface area contributed by atoms with E-state index in [1.807, 2.05) is 24.3 Å². The van der Waals surface area contributed by atoms with E-state index < -0.39 is 10.8 Å². The molecular weight excluding hydrogens is 398 g/mol. The van der Waals surface area contributed by atoms with Crippen LogP contribution in [0.1, 0.15) is 17.3 Å². The van der Waals surface area contributed by atoms with Gasteiger partial charge in [0.05, 0.1) is 35.4 Å². The van der Waals surface area contributed by atoms with Crippen molar-refractivity contribution in [3.63, 3.8) is 0 Å². The molecule has 0 saturated carbocycles. The van der Waals surface area contributed by atoms with Crippen LogP contribution in [0.4, 0.5) is 11.4 Å². The zero-order chi connectivity index (χ0) is 21.0. The number of nitro groups is 1. The Labute approximate surface area is 173 Å². The van der Waals surface area contributed by atoms with Crippen molar-refractivity contribution in [3.8, 4) is 11.5 Å². The molecule has 1 heterocycles. The summed E-state index contributed by atoms with van der Waals surface area (Å²) in [6.45, 7) is 4.15. The zero-order valence-corrected chi connectivity index (χ0v) is 17.0. The number of methoxy groups -OCH3 is 1. The molecule has 0 aliphatic carbocycles. The third-order valence-corrected chi connectivity index (χ3v) is 5.09. The lowest BCUT2D eigenvalue weighted by Gasteiger charge is -2.36. The summed E-state index contributed by atoms with van der Waals surface area (Å²) in [6.07, 6.45) is 0. The van der Waals surface area contributed by atoms with Gasteiger partial charge in [-0.2, -0.15) is 0 Å². The molecule has 29 heavy (non-hydrogen) atoms. The highest BCUT2D eigenvalue weighted by molar-refractivity contribution is 6.33. The van der Waals surface area contributed by atoms with Crippen molar-refractivity contribution in [2.45, 2.75) is 6.92 Å². The summed E-state index contributed by atoms with van der Waals surface area (Å²) in [7, 11) is 1.40. The molecule has 1 aliphatic heterocycles. The minimum atomic E-state index is -0.578. The van der Waals surface area contributed by atoms with Gasteiger partial charge in [-0.25, -0.2) is 0 Å². The first-order valence-corrected chi connectivity index (χ1v) is 9.62. The lowest BCUT2D eigenvalue weighted by Crippen LogP contribution is -2.49. The van der Waals surface area contributed by atoms with Crippen LogP contribution in [0.3, 0.4) is 0 Å². The van der Waals surface area contributed by atoms with E-state index >= 15 is 0 Å². The first-order valence-electron chi connectivity index (χ1n) is 9.24. The van der Waals surface area contributed by atoms with Gasteiger partial charge in [-0.1, -0.05) is 23.7 Å². The lowest BCUT2D eigenvalue weighted by atomic mass is 10.1. The van der Waals surface area contributed by atoms with E-state index in [-0.39, 0.29) is 17.0 Å². The van der Waals surface area contributed by atoms with E-state index in [4.69, 9.17) is 21.1 Å². The maximum atomic E-state index is 13.1. The number of carbonyl (C=O) groups is 1. The van der Waals surface area contributed by atoms with Gasteiger partial charge in [0.2, 0.25) is 0 Å². The number of carbonyl (C=O) groups excluding carboxylic acids is 1. The van der Waals surface area contributed by atoms with Gasteiger partial charge in [0.1, 0.15) is 5.56 Å². The molecule has 1 saturated heterocycles. The number of amides is 1. The highest BCUT2D eigenvalue weighted by atomic mass is 35.5. The minimum Gasteiger partial charge on any atom is -0.493 e. The van der Waals surface area contributed by atoms with Gasteiger partial charge in [0.25, 0.3) is 11.6 Å². The molecule has 0 N–H and O–H groups in total. The summed E-state index contributed by atoms with van der Waals surface area (Å²) in [5.74, 6) is 0.122. The van der Waals surface area contributed by atoms with Crippen LogP contribution < -0.4 is 14.4 Å². The number of piperazine rings is 1. The molecule has 1 amide bonds. The molecule has 1 fully saturated rings. The van der Waals surface area contributed by atoms with E-state index in [0.29, 0.717) is 43.6 Å². The van der Waals surface area contributed by atoms with E-state index in [0.717, 1.165) is 5.69 Å². The van der Waals surface area contributed by atoms with Crippen molar-refractivity contribution in [1.29, 1.82) is 0 Å². The molecule has 8 nitrogen and oxygen atoms in total.